The first-order chi connectivity index (χ1) is 16.5. The third-order valence-corrected chi connectivity index (χ3v) is 5.20. The number of benzene rings is 2. The summed E-state index contributed by atoms with van der Waals surface area (Å²) < 4.78 is 46.9. The molecule has 0 aliphatic heterocycles. The molecular formula is C24H20F3N5O3. The van der Waals surface area contributed by atoms with Crippen molar-refractivity contribution < 1.29 is 27.3 Å². The number of alkyl halides is 3. The Bertz CT molecular complexity index is 1420. The predicted molar refractivity (Wildman–Crippen MR) is 122 cm³/mol. The molecule has 0 fully saturated rings. The Kier molecular flexibility index (Phi) is 6.16. The molecule has 180 valence electrons. The number of amides is 2. The number of anilines is 2. The highest BCUT2D eigenvalue weighted by atomic mass is 19.4. The number of aryl methyl sites for hydroxylation is 3. The molecule has 0 aliphatic rings. The Hall–Kier alpha value is -4.41. The third-order valence-electron chi connectivity index (χ3n) is 5.20. The van der Waals surface area contributed by atoms with Crippen LogP contribution in [0.15, 0.2) is 59.4 Å². The molecule has 4 aromatic rings. The van der Waals surface area contributed by atoms with E-state index in [1.165, 1.54) is 35.2 Å². The normalized spacial score (nSPS) is 11.4. The zero-order valence-electron chi connectivity index (χ0n) is 18.9. The van der Waals surface area contributed by atoms with E-state index in [1.54, 1.807) is 32.9 Å². The number of carbonyl (C=O) groups is 2. The maximum Gasteiger partial charge on any atom is 0.416 e. The number of hydrogen-bond donors (Lipinski definition) is 2. The van der Waals surface area contributed by atoms with Crippen LogP contribution in [0.25, 0.3) is 5.69 Å². The number of nitrogens with one attached hydrogen (secondary N) is 2. The second kappa shape index (κ2) is 9.09. The lowest BCUT2D eigenvalue weighted by Crippen LogP contribution is -2.16. The molecule has 35 heavy (non-hydrogen) atoms. The summed E-state index contributed by atoms with van der Waals surface area (Å²) >= 11 is 0. The van der Waals surface area contributed by atoms with Gasteiger partial charge in [0.2, 0.25) is 0 Å². The van der Waals surface area contributed by atoms with Gasteiger partial charge in [-0.2, -0.15) is 13.2 Å². The van der Waals surface area contributed by atoms with Crippen LogP contribution in [0.5, 0.6) is 0 Å². The van der Waals surface area contributed by atoms with Crippen molar-refractivity contribution in [1.29, 1.82) is 0 Å². The number of nitrogens with zero attached hydrogens (tertiary/aromatic N) is 3. The fourth-order valence-electron chi connectivity index (χ4n) is 3.44. The van der Waals surface area contributed by atoms with E-state index in [4.69, 9.17) is 4.52 Å². The smallest absolute Gasteiger partial charge is 0.361 e. The van der Waals surface area contributed by atoms with E-state index in [-0.39, 0.29) is 16.9 Å². The van der Waals surface area contributed by atoms with E-state index in [1.807, 2.05) is 0 Å². The van der Waals surface area contributed by atoms with Crippen LogP contribution in [0, 0.1) is 20.8 Å². The van der Waals surface area contributed by atoms with E-state index in [9.17, 15) is 22.8 Å². The Balaban J connectivity index is 1.57. The Morgan fingerprint density at radius 2 is 1.74 bits per heavy atom. The van der Waals surface area contributed by atoms with Gasteiger partial charge in [0.15, 0.2) is 5.69 Å². The monoisotopic (exact) mass is 483 g/mol. The summed E-state index contributed by atoms with van der Waals surface area (Å²) in [5.74, 6) is -0.215. The fourth-order valence-corrected chi connectivity index (χ4v) is 3.44. The summed E-state index contributed by atoms with van der Waals surface area (Å²) in [5, 5.41) is 8.96. The summed E-state index contributed by atoms with van der Waals surface area (Å²) in [7, 11) is 0. The zero-order valence-corrected chi connectivity index (χ0v) is 18.9. The maximum absolute atomic E-state index is 13.5. The first-order valence-electron chi connectivity index (χ1n) is 10.4. The molecule has 0 atom stereocenters. The van der Waals surface area contributed by atoms with Gasteiger partial charge in [0.05, 0.1) is 5.56 Å². The average molecular weight is 483 g/mol. The summed E-state index contributed by atoms with van der Waals surface area (Å²) in [6.45, 7) is 5.02. The van der Waals surface area contributed by atoms with Crippen LogP contribution in [0.2, 0.25) is 0 Å². The van der Waals surface area contributed by atoms with Gasteiger partial charge in [-0.05, 0) is 62.7 Å². The number of halogens is 3. The summed E-state index contributed by atoms with van der Waals surface area (Å²) in [5.41, 5.74) is 0.608. The van der Waals surface area contributed by atoms with E-state index >= 15 is 0 Å². The molecule has 0 bridgehead atoms. The van der Waals surface area contributed by atoms with Crippen molar-refractivity contribution >= 4 is 23.2 Å². The number of carbonyl (C=O) groups excluding carboxylic acids is 2. The van der Waals surface area contributed by atoms with Crippen molar-refractivity contribution in [2.45, 2.75) is 26.9 Å². The molecule has 0 saturated heterocycles. The van der Waals surface area contributed by atoms with Gasteiger partial charge in [0.25, 0.3) is 11.8 Å². The predicted octanol–water partition coefficient (Wildman–Crippen LogP) is 5.31. The molecule has 8 nitrogen and oxygen atoms in total. The third kappa shape index (κ3) is 5.24. The molecule has 2 aromatic carbocycles. The first kappa shape index (κ1) is 23.7. The molecular weight excluding hydrogens is 463 g/mol. The molecule has 11 heteroatoms. The standard InChI is InChI=1S/C24H20F3N5O3/c1-13-8-18(4-5-20(13)30-23(34)21-9-14(2)35-31-21)29-22(33)16-10-17(24(25,26)27)12-19(11-16)32-7-6-28-15(32)3/h4-12H,1-3H3,(H,29,33)(H,30,34). The van der Waals surface area contributed by atoms with E-state index < -0.39 is 23.6 Å². The van der Waals surface area contributed by atoms with Crippen molar-refractivity contribution in [2.24, 2.45) is 0 Å². The molecule has 0 radical (unpaired) electrons. The number of aromatic nitrogens is 3. The van der Waals surface area contributed by atoms with Crippen LogP contribution >= 0.6 is 0 Å². The lowest BCUT2D eigenvalue weighted by Gasteiger charge is -2.14. The molecule has 2 N–H and O–H groups in total. The lowest BCUT2D eigenvalue weighted by atomic mass is 10.1. The lowest BCUT2D eigenvalue weighted by molar-refractivity contribution is -0.137. The van der Waals surface area contributed by atoms with Crippen LogP contribution in [0.3, 0.4) is 0 Å². The fraction of sp³-hybridized carbons (Fsp3) is 0.167. The van der Waals surface area contributed by atoms with Gasteiger partial charge in [-0.15, -0.1) is 0 Å². The Labute approximate surface area is 197 Å². The number of hydrogen-bond acceptors (Lipinski definition) is 5. The van der Waals surface area contributed by atoms with Crippen molar-refractivity contribution in [2.75, 3.05) is 10.6 Å². The van der Waals surface area contributed by atoms with Crippen molar-refractivity contribution in [3.63, 3.8) is 0 Å². The molecule has 0 unspecified atom stereocenters. The van der Waals surface area contributed by atoms with Gasteiger partial charge < -0.3 is 19.7 Å². The average Bonchev–Trinajstić information content (AvgIpc) is 3.42. The Morgan fingerprint density at radius 1 is 0.971 bits per heavy atom. The number of rotatable bonds is 5. The quantitative estimate of drug-likeness (QED) is 0.401. The topological polar surface area (TPSA) is 102 Å². The summed E-state index contributed by atoms with van der Waals surface area (Å²) in [4.78, 5) is 29.2. The second-order valence-electron chi connectivity index (χ2n) is 7.87. The van der Waals surface area contributed by atoms with E-state index in [0.29, 0.717) is 28.5 Å². The van der Waals surface area contributed by atoms with Crippen LogP contribution in [0.1, 0.15) is 43.6 Å². The van der Waals surface area contributed by atoms with Gasteiger partial charge in [-0.3, -0.25) is 9.59 Å². The minimum Gasteiger partial charge on any atom is -0.361 e. The van der Waals surface area contributed by atoms with Gasteiger partial charge >= 0.3 is 6.18 Å². The van der Waals surface area contributed by atoms with Crippen molar-refractivity contribution in [1.82, 2.24) is 14.7 Å². The van der Waals surface area contributed by atoms with E-state index in [2.05, 4.69) is 20.8 Å². The molecule has 4 rings (SSSR count). The van der Waals surface area contributed by atoms with Gasteiger partial charge in [-0.25, -0.2) is 4.98 Å². The van der Waals surface area contributed by atoms with E-state index in [0.717, 1.165) is 12.1 Å². The van der Waals surface area contributed by atoms with Crippen LogP contribution in [-0.4, -0.2) is 26.5 Å². The molecule has 2 amide bonds. The van der Waals surface area contributed by atoms with Gasteiger partial charge in [-0.1, -0.05) is 5.16 Å². The van der Waals surface area contributed by atoms with Crippen molar-refractivity contribution in [3.05, 3.63) is 88.8 Å². The summed E-state index contributed by atoms with van der Waals surface area (Å²) in [6, 6.07) is 9.31. The summed E-state index contributed by atoms with van der Waals surface area (Å²) in [6.07, 6.45) is -1.66. The SMILES string of the molecule is Cc1cc(C(=O)Nc2ccc(NC(=O)c3cc(-n4ccnc4C)cc(C(F)(F)F)c3)cc2C)no1. The van der Waals surface area contributed by atoms with Crippen molar-refractivity contribution in [3.8, 4) is 5.69 Å². The largest absolute Gasteiger partial charge is 0.416 e. The minimum atomic E-state index is -4.64. The maximum atomic E-state index is 13.5. The van der Waals surface area contributed by atoms with Gasteiger partial charge in [0.1, 0.15) is 11.6 Å². The molecule has 0 aliphatic carbocycles. The minimum absolute atomic E-state index is 0.118. The highest BCUT2D eigenvalue weighted by Gasteiger charge is 2.32. The molecule has 2 aromatic heterocycles. The highest BCUT2D eigenvalue weighted by Crippen LogP contribution is 2.32. The van der Waals surface area contributed by atoms with Gasteiger partial charge in [0, 0.05) is 41.1 Å². The molecule has 0 spiro atoms. The van der Waals surface area contributed by atoms with Crippen LogP contribution < -0.4 is 10.6 Å². The first-order valence-corrected chi connectivity index (χ1v) is 10.4. The highest BCUT2D eigenvalue weighted by molar-refractivity contribution is 6.06. The number of imidazole rings is 1. The second-order valence-corrected chi connectivity index (χ2v) is 7.87. The van der Waals surface area contributed by atoms with Crippen LogP contribution in [0.4, 0.5) is 24.5 Å². The van der Waals surface area contributed by atoms with Crippen LogP contribution in [-0.2, 0) is 6.18 Å². The molecule has 2 heterocycles. The molecule has 0 saturated carbocycles. The zero-order chi connectivity index (χ0) is 25.3. The Morgan fingerprint density at radius 3 is 2.34 bits per heavy atom.